The summed E-state index contributed by atoms with van der Waals surface area (Å²) in [6.07, 6.45) is 4.48. The fraction of sp³-hybridized carbons (Fsp3) is 0.588. The van der Waals surface area contributed by atoms with E-state index in [-0.39, 0.29) is 18.7 Å². The number of benzene rings is 1. The Morgan fingerprint density at radius 2 is 2.00 bits per heavy atom. The molecule has 116 valence electrons. The molecule has 0 atom stereocenters. The van der Waals surface area contributed by atoms with Crippen LogP contribution in [0.5, 0.6) is 0 Å². The van der Waals surface area contributed by atoms with Crippen molar-refractivity contribution in [1.29, 1.82) is 0 Å². The third-order valence-electron chi connectivity index (χ3n) is 3.92. The van der Waals surface area contributed by atoms with E-state index >= 15 is 0 Å². The van der Waals surface area contributed by atoms with Crippen molar-refractivity contribution in [3.63, 3.8) is 0 Å². The molecule has 3 nitrogen and oxygen atoms in total. The summed E-state index contributed by atoms with van der Waals surface area (Å²) in [6.45, 7) is 2.31. The second kappa shape index (κ2) is 8.44. The van der Waals surface area contributed by atoms with Gasteiger partial charge in [-0.05, 0) is 42.7 Å². The maximum Gasteiger partial charge on any atom is 0.316 e. The maximum absolute atomic E-state index is 11.8. The number of hydrogen-bond acceptors (Lipinski definition) is 4. The molecule has 0 heterocycles. The largest absolute Gasteiger partial charge is 0.462 e. The minimum atomic E-state index is -0.0992. The molecule has 1 aliphatic carbocycles. The van der Waals surface area contributed by atoms with Gasteiger partial charge in [0.2, 0.25) is 0 Å². The molecular formula is C17H24O3S. The first kappa shape index (κ1) is 16.4. The van der Waals surface area contributed by atoms with E-state index in [1.54, 1.807) is 11.8 Å². The zero-order valence-corrected chi connectivity index (χ0v) is 13.4. The first-order chi connectivity index (χ1) is 10.2. The van der Waals surface area contributed by atoms with Crippen molar-refractivity contribution >= 4 is 17.7 Å². The van der Waals surface area contributed by atoms with E-state index in [0.717, 1.165) is 35.6 Å². The first-order valence-electron chi connectivity index (χ1n) is 7.63. The lowest BCUT2D eigenvalue weighted by molar-refractivity contribution is -0.147. The normalized spacial score (nSPS) is 22.0. The van der Waals surface area contributed by atoms with E-state index in [9.17, 15) is 4.79 Å². The van der Waals surface area contributed by atoms with Gasteiger partial charge in [0, 0.05) is 5.75 Å². The molecule has 0 aliphatic heterocycles. The summed E-state index contributed by atoms with van der Waals surface area (Å²) in [4.78, 5) is 11.8. The second-order valence-electron chi connectivity index (χ2n) is 5.84. The first-order valence-corrected chi connectivity index (χ1v) is 8.78. The van der Waals surface area contributed by atoms with Crippen molar-refractivity contribution in [1.82, 2.24) is 0 Å². The van der Waals surface area contributed by atoms with E-state index in [4.69, 9.17) is 9.84 Å². The van der Waals surface area contributed by atoms with Gasteiger partial charge in [-0.25, -0.2) is 0 Å². The number of rotatable bonds is 6. The molecule has 21 heavy (non-hydrogen) atoms. The lowest BCUT2D eigenvalue weighted by Crippen LogP contribution is -2.24. The van der Waals surface area contributed by atoms with Gasteiger partial charge in [-0.3, -0.25) is 4.79 Å². The van der Waals surface area contributed by atoms with E-state index in [0.29, 0.717) is 5.75 Å². The Balaban J connectivity index is 1.67. The molecule has 1 aromatic carbocycles. The molecule has 1 fully saturated rings. The van der Waals surface area contributed by atoms with Crippen LogP contribution in [0, 0.1) is 5.92 Å². The summed E-state index contributed by atoms with van der Waals surface area (Å²) < 4.78 is 5.52. The predicted molar refractivity (Wildman–Crippen MR) is 86.0 cm³/mol. The molecule has 1 saturated carbocycles. The molecule has 0 spiro atoms. The molecule has 0 saturated heterocycles. The quantitative estimate of drug-likeness (QED) is 0.817. The third-order valence-corrected chi connectivity index (χ3v) is 4.90. The van der Waals surface area contributed by atoms with Gasteiger partial charge in [-0.2, -0.15) is 0 Å². The topological polar surface area (TPSA) is 46.5 Å². The van der Waals surface area contributed by atoms with Crippen molar-refractivity contribution in [2.45, 2.75) is 51.1 Å². The van der Waals surface area contributed by atoms with E-state index in [1.807, 2.05) is 24.3 Å². The van der Waals surface area contributed by atoms with Gasteiger partial charge in [-0.15, -0.1) is 11.8 Å². The number of esters is 1. The van der Waals surface area contributed by atoms with Crippen LogP contribution in [-0.2, 0) is 21.9 Å². The number of ether oxygens (including phenoxy) is 1. The maximum atomic E-state index is 11.8. The average Bonchev–Trinajstić information content (AvgIpc) is 2.50. The van der Waals surface area contributed by atoms with Crippen LogP contribution in [0.25, 0.3) is 0 Å². The smallest absolute Gasteiger partial charge is 0.316 e. The van der Waals surface area contributed by atoms with Gasteiger partial charge in [0.1, 0.15) is 6.10 Å². The molecule has 0 radical (unpaired) electrons. The Morgan fingerprint density at radius 1 is 1.29 bits per heavy atom. The van der Waals surface area contributed by atoms with Crippen LogP contribution in [0.2, 0.25) is 0 Å². The number of aliphatic hydroxyl groups excluding tert-OH is 1. The highest BCUT2D eigenvalue weighted by molar-refractivity contribution is 7.99. The molecule has 0 aromatic heterocycles. The van der Waals surface area contributed by atoms with Crippen molar-refractivity contribution < 1.29 is 14.6 Å². The standard InChI is InChI=1S/C17H24O3S/c1-13-5-7-16(8-6-13)20-17(19)12-21-11-15-4-2-3-14(9-15)10-18/h2-4,9,13,16,18H,5-8,10-12H2,1H3. The lowest BCUT2D eigenvalue weighted by atomic mass is 9.89. The zero-order chi connectivity index (χ0) is 15.1. The number of thioether (sulfide) groups is 1. The highest BCUT2D eigenvalue weighted by atomic mass is 32.2. The number of carbonyl (C=O) groups excluding carboxylic acids is 1. The average molecular weight is 308 g/mol. The Labute approximate surface area is 131 Å². The zero-order valence-electron chi connectivity index (χ0n) is 12.6. The van der Waals surface area contributed by atoms with Crippen molar-refractivity contribution in [3.05, 3.63) is 35.4 Å². The molecule has 0 unspecified atom stereocenters. The summed E-state index contributed by atoms with van der Waals surface area (Å²) in [6, 6.07) is 7.82. The summed E-state index contributed by atoms with van der Waals surface area (Å²) >= 11 is 1.57. The second-order valence-corrected chi connectivity index (χ2v) is 6.83. The van der Waals surface area contributed by atoms with E-state index in [1.165, 1.54) is 12.8 Å². The van der Waals surface area contributed by atoms with Crippen LogP contribution in [-0.4, -0.2) is 22.9 Å². The van der Waals surface area contributed by atoms with Crippen LogP contribution in [0.3, 0.4) is 0 Å². The van der Waals surface area contributed by atoms with Crippen molar-refractivity contribution in [2.75, 3.05) is 5.75 Å². The molecule has 4 heteroatoms. The van der Waals surface area contributed by atoms with Gasteiger partial charge >= 0.3 is 5.97 Å². The summed E-state index contributed by atoms with van der Waals surface area (Å²) in [5.74, 6) is 1.84. The van der Waals surface area contributed by atoms with Gasteiger partial charge in [0.15, 0.2) is 0 Å². The lowest BCUT2D eigenvalue weighted by Gasteiger charge is -2.25. The fourth-order valence-corrected chi connectivity index (χ4v) is 3.39. The minimum Gasteiger partial charge on any atom is -0.462 e. The predicted octanol–water partition coefficient (Wildman–Crippen LogP) is 3.53. The van der Waals surface area contributed by atoms with Gasteiger partial charge in [-0.1, -0.05) is 31.2 Å². The van der Waals surface area contributed by atoms with E-state index in [2.05, 4.69) is 6.92 Å². The number of carbonyl (C=O) groups is 1. The highest BCUT2D eigenvalue weighted by Crippen LogP contribution is 2.26. The van der Waals surface area contributed by atoms with Crippen LogP contribution in [0.1, 0.15) is 43.7 Å². The van der Waals surface area contributed by atoms with Crippen molar-refractivity contribution in [2.24, 2.45) is 5.92 Å². The van der Waals surface area contributed by atoms with Crippen LogP contribution >= 0.6 is 11.8 Å². The minimum absolute atomic E-state index is 0.0562. The molecule has 0 amide bonds. The van der Waals surface area contributed by atoms with Crippen LogP contribution in [0.15, 0.2) is 24.3 Å². The monoisotopic (exact) mass is 308 g/mol. The molecular weight excluding hydrogens is 284 g/mol. The Hall–Kier alpha value is -1.00. The summed E-state index contributed by atoms with van der Waals surface area (Å²) in [7, 11) is 0. The molecule has 2 rings (SSSR count). The van der Waals surface area contributed by atoms with Crippen LogP contribution < -0.4 is 0 Å². The number of aliphatic hydroxyl groups is 1. The number of hydrogen-bond donors (Lipinski definition) is 1. The summed E-state index contributed by atoms with van der Waals surface area (Å²) in [5.41, 5.74) is 2.04. The van der Waals surface area contributed by atoms with Gasteiger partial charge in [0.25, 0.3) is 0 Å². The molecule has 1 aliphatic rings. The van der Waals surface area contributed by atoms with Crippen molar-refractivity contribution in [3.8, 4) is 0 Å². The van der Waals surface area contributed by atoms with Gasteiger partial charge < -0.3 is 9.84 Å². The Morgan fingerprint density at radius 3 is 2.71 bits per heavy atom. The third kappa shape index (κ3) is 5.71. The molecule has 1 aromatic rings. The fourth-order valence-electron chi connectivity index (χ4n) is 2.64. The SMILES string of the molecule is CC1CCC(OC(=O)CSCc2cccc(CO)c2)CC1. The van der Waals surface area contributed by atoms with Crippen LogP contribution in [0.4, 0.5) is 0 Å². The van der Waals surface area contributed by atoms with Gasteiger partial charge in [0.05, 0.1) is 12.4 Å². The molecule has 1 N–H and O–H groups in total. The Kier molecular flexibility index (Phi) is 6.58. The highest BCUT2D eigenvalue weighted by Gasteiger charge is 2.21. The summed E-state index contributed by atoms with van der Waals surface area (Å²) in [5, 5.41) is 9.10. The van der Waals surface area contributed by atoms with E-state index < -0.39 is 0 Å². The molecule has 0 bridgehead atoms. The Bertz CT molecular complexity index is 453.